The lowest BCUT2D eigenvalue weighted by Gasteiger charge is -2.34. The highest BCUT2D eigenvalue weighted by Gasteiger charge is 2.26. The van der Waals surface area contributed by atoms with Crippen LogP contribution in [0.1, 0.15) is 21.7 Å². The maximum Gasteiger partial charge on any atom is 0.276 e. The fraction of sp³-hybridized carbons (Fsp3) is 0.300. The maximum absolute atomic E-state index is 13.0. The monoisotopic (exact) mass is 396 g/mol. The highest BCUT2D eigenvalue weighted by molar-refractivity contribution is 6.30. The number of hydrogen-bond donors (Lipinski definition) is 0. The van der Waals surface area contributed by atoms with Gasteiger partial charge in [-0.3, -0.25) is 14.7 Å². The summed E-state index contributed by atoms with van der Waals surface area (Å²) in [6.45, 7) is 5.63. The molecule has 1 aliphatic heterocycles. The van der Waals surface area contributed by atoms with Crippen molar-refractivity contribution >= 4 is 17.5 Å². The molecule has 0 saturated carbocycles. The van der Waals surface area contributed by atoms with Crippen LogP contribution >= 0.6 is 11.6 Å². The van der Waals surface area contributed by atoms with Gasteiger partial charge in [0.1, 0.15) is 0 Å². The van der Waals surface area contributed by atoms with E-state index in [1.165, 1.54) is 10.4 Å². The Morgan fingerprint density at radius 2 is 1.93 bits per heavy atom. The van der Waals surface area contributed by atoms with E-state index in [1.807, 2.05) is 29.3 Å². The zero-order valence-electron chi connectivity index (χ0n) is 15.6. The molecular weight excluding hydrogens is 376 g/mol. The van der Waals surface area contributed by atoms with Gasteiger partial charge in [0, 0.05) is 50.1 Å². The summed E-state index contributed by atoms with van der Waals surface area (Å²) in [5.41, 5.74) is 2.92. The Morgan fingerprint density at radius 3 is 2.64 bits per heavy atom. The number of halogens is 1. The minimum absolute atomic E-state index is 0.0770. The summed E-state index contributed by atoms with van der Waals surface area (Å²) in [4.78, 5) is 22.8. The van der Waals surface area contributed by atoms with Gasteiger partial charge in [0.05, 0.1) is 11.4 Å². The van der Waals surface area contributed by atoms with Gasteiger partial charge in [-0.15, -0.1) is 5.10 Å². The minimum atomic E-state index is -0.0770. The molecule has 1 aromatic carbocycles. The van der Waals surface area contributed by atoms with Crippen molar-refractivity contribution in [3.05, 3.63) is 70.8 Å². The van der Waals surface area contributed by atoms with Crippen LogP contribution in [0.25, 0.3) is 5.69 Å². The highest BCUT2D eigenvalue weighted by Crippen LogP contribution is 2.16. The number of benzene rings is 1. The summed E-state index contributed by atoms with van der Waals surface area (Å²) in [6.07, 6.45) is 3.66. The van der Waals surface area contributed by atoms with E-state index in [0.717, 1.165) is 25.3 Å². The number of carbonyl (C=O) groups is 1. The molecule has 144 valence electrons. The first kappa shape index (κ1) is 18.6. The molecule has 0 spiro atoms. The third-order valence-electron chi connectivity index (χ3n) is 4.81. The number of rotatable bonds is 4. The zero-order valence-corrected chi connectivity index (χ0v) is 16.4. The summed E-state index contributed by atoms with van der Waals surface area (Å²) in [5, 5.41) is 9.41. The molecule has 3 heterocycles. The number of aromatic nitrogens is 4. The summed E-state index contributed by atoms with van der Waals surface area (Å²) in [6, 6.07) is 11.3. The van der Waals surface area contributed by atoms with Crippen LogP contribution in [0.5, 0.6) is 0 Å². The Morgan fingerprint density at radius 1 is 1.11 bits per heavy atom. The molecular formula is C20H21ClN6O. The van der Waals surface area contributed by atoms with E-state index in [1.54, 1.807) is 25.3 Å². The quantitative estimate of drug-likeness (QED) is 0.678. The second-order valence-electron chi connectivity index (χ2n) is 6.83. The molecule has 2 aromatic heterocycles. The van der Waals surface area contributed by atoms with E-state index in [4.69, 9.17) is 11.6 Å². The van der Waals surface area contributed by atoms with Crippen LogP contribution in [0.15, 0.2) is 48.8 Å². The van der Waals surface area contributed by atoms with Gasteiger partial charge in [0.25, 0.3) is 5.91 Å². The maximum atomic E-state index is 13.0. The Balaban J connectivity index is 1.41. The first-order valence-corrected chi connectivity index (χ1v) is 9.58. The van der Waals surface area contributed by atoms with Crippen LogP contribution in [0.2, 0.25) is 5.02 Å². The lowest BCUT2D eigenvalue weighted by molar-refractivity contribution is 0.0621. The molecule has 1 fully saturated rings. The van der Waals surface area contributed by atoms with Crippen molar-refractivity contribution in [2.75, 3.05) is 26.2 Å². The van der Waals surface area contributed by atoms with Gasteiger partial charge in [-0.1, -0.05) is 23.7 Å². The minimum Gasteiger partial charge on any atom is -0.335 e. The fourth-order valence-electron chi connectivity index (χ4n) is 3.30. The number of amides is 1. The van der Waals surface area contributed by atoms with Crippen LogP contribution in [0, 0.1) is 6.92 Å². The van der Waals surface area contributed by atoms with Crippen molar-refractivity contribution in [3.63, 3.8) is 0 Å². The summed E-state index contributed by atoms with van der Waals surface area (Å²) in [7, 11) is 0. The predicted molar refractivity (Wildman–Crippen MR) is 107 cm³/mol. The zero-order chi connectivity index (χ0) is 19.5. The Hall–Kier alpha value is -2.77. The second-order valence-corrected chi connectivity index (χ2v) is 7.27. The van der Waals surface area contributed by atoms with Gasteiger partial charge in [0.2, 0.25) is 0 Å². The molecule has 0 N–H and O–H groups in total. The molecule has 3 aromatic rings. The van der Waals surface area contributed by atoms with Gasteiger partial charge >= 0.3 is 0 Å². The van der Waals surface area contributed by atoms with Crippen molar-refractivity contribution in [1.29, 1.82) is 0 Å². The van der Waals surface area contributed by atoms with E-state index < -0.39 is 0 Å². The van der Waals surface area contributed by atoms with E-state index in [-0.39, 0.29) is 5.91 Å². The molecule has 1 aliphatic rings. The van der Waals surface area contributed by atoms with Gasteiger partial charge in [-0.2, -0.15) is 9.90 Å². The topological polar surface area (TPSA) is 67.2 Å². The van der Waals surface area contributed by atoms with E-state index in [2.05, 4.69) is 26.1 Å². The van der Waals surface area contributed by atoms with E-state index >= 15 is 0 Å². The third kappa shape index (κ3) is 4.05. The molecule has 0 bridgehead atoms. The van der Waals surface area contributed by atoms with Crippen molar-refractivity contribution in [2.24, 2.45) is 0 Å². The predicted octanol–water partition coefficient (Wildman–Crippen LogP) is 2.58. The molecule has 1 saturated heterocycles. The third-order valence-corrected chi connectivity index (χ3v) is 5.05. The van der Waals surface area contributed by atoms with Crippen LogP contribution < -0.4 is 0 Å². The molecule has 7 nitrogen and oxygen atoms in total. The molecule has 8 heteroatoms. The molecule has 0 atom stereocenters. The number of carbonyl (C=O) groups excluding carboxylic acids is 1. The number of piperazine rings is 1. The average Bonchev–Trinajstić information content (AvgIpc) is 3.10. The van der Waals surface area contributed by atoms with E-state index in [0.29, 0.717) is 29.5 Å². The number of nitrogens with zero attached hydrogens (tertiary/aromatic N) is 6. The van der Waals surface area contributed by atoms with Gasteiger partial charge in [-0.25, -0.2) is 0 Å². The van der Waals surface area contributed by atoms with Gasteiger partial charge < -0.3 is 4.90 Å². The van der Waals surface area contributed by atoms with Crippen LogP contribution in [0.3, 0.4) is 0 Å². The summed E-state index contributed by atoms with van der Waals surface area (Å²) in [5.74, 6) is -0.0770. The van der Waals surface area contributed by atoms with E-state index in [9.17, 15) is 4.79 Å². The summed E-state index contributed by atoms with van der Waals surface area (Å²) < 4.78 is 0. The second kappa shape index (κ2) is 8.08. The number of hydrogen-bond acceptors (Lipinski definition) is 5. The van der Waals surface area contributed by atoms with Gasteiger partial charge in [0.15, 0.2) is 5.69 Å². The molecule has 28 heavy (non-hydrogen) atoms. The van der Waals surface area contributed by atoms with Crippen LogP contribution in [0.4, 0.5) is 0 Å². The lowest BCUT2D eigenvalue weighted by atomic mass is 10.2. The molecule has 1 amide bonds. The lowest BCUT2D eigenvalue weighted by Crippen LogP contribution is -2.48. The van der Waals surface area contributed by atoms with Crippen LogP contribution in [-0.2, 0) is 6.54 Å². The Bertz CT molecular complexity index is 966. The molecule has 4 rings (SSSR count). The average molecular weight is 397 g/mol. The van der Waals surface area contributed by atoms with Crippen LogP contribution in [-0.4, -0.2) is 61.9 Å². The smallest absolute Gasteiger partial charge is 0.276 e. The van der Waals surface area contributed by atoms with Gasteiger partial charge in [-0.05, 0) is 36.8 Å². The van der Waals surface area contributed by atoms with Crippen molar-refractivity contribution in [1.82, 2.24) is 29.8 Å². The molecule has 0 unspecified atom stereocenters. The molecule has 0 radical (unpaired) electrons. The number of pyridine rings is 1. The highest BCUT2D eigenvalue weighted by atomic mass is 35.5. The standard InChI is InChI=1S/C20H21ClN6O/c1-15-19(24-27(23-15)18-6-2-5-17(21)12-18)20(28)26-10-8-25(9-11-26)14-16-4-3-7-22-13-16/h2-7,12-13H,8-11,14H2,1H3. The normalized spacial score (nSPS) is 15.0. The van der Waals surface area contributed by atoms with Crippen molar-refractivity contribution in [2.45, 2.75) is 13.5 Å². The Labute approximate surface area is 168 Å². The first-order chi connectivity index (χ1) is 13.6. The number of aryl methyl sites for hydroxylation is 1. The first-order valence-electron chi connectivity index (χ1n) is 9.20. The fourth-order valence-corrected chi connectivity index (χ4v) is 3.49. The SMILES string of the molecule is Cc1nn(-c2cccc(Cl)c2)nc1C(=O)N1CCN(Cc2cccnc2)CC1. The summed E-state index contributed by atoms with van der Waals surface area (Å²) >= 11 is 6.04. The molecule has 0 aliphatic carbocycles. The van der Waals surface area contributed by atoms with Crippen molar-refractivity contribution < 1.29 is 4.79 Å². The Kier molecular flexibility index (Phi) is 5.36. The largest absolute Gasteiger partial charge is 0.335 e. The van der Waals surface area contributed by atoms with Crippen molar-refractivity contribution in [3.8, 4) is 5.69 Å².